The van der Waals surface area contributed by atoms with Gasteiger partial charge in [0.05, 0.1) is 0 Å². The maximum absolute atomic E-state index is 3.54. The van der Waals surface area contributed by atoms with Crippen LogP contribution in [0.3, 0.4) is 0 Å². The highest BCUT2D eigenvalue weighted by atomic mass is 15.2. The minimum atomic E-state index is 0.678. The summed E-state index contributed by atoms with van der Waals surface area (Å²) in [4.78, 5) is 2.69. The van der Waals surface area contributed by atoms with Gasteiger partial charge in [0, 0.05) is 30.7 Å². The number of hydrogen-bond donors (Lipinski definition) is 1. The first kappa shape index (κ1) is 12.0. The second-order valence-corrected chi connectivity index (χ2v) is 6.14. The molecule has 2 heterocycles. The molecular weight excluding hydrogens is 220 g/mol. The third-order valence-electron chi connectivity index (χ3n) is 4.67. The van der Waals surface area contributed by atoms with E-state index in [1.165, 1.54) is 37.2 Å². The molecule has 2 nitrogen and oxygen atoms in total. The van der Waals surface area contributed by atoms with Crippen LogP contribution in [0.15, 0.2) is 24.3 Å². The van der Waals surface area contributed by atoms with Crippen molar-refractivity contribution in [3.8, 4) is 0 Å². The van der Waals surface area contributed by atoms with Crippen LogP contribution in [0.1, 0.15) is 38.2 Å². The minimum Gasteiger partial charge on any atom is -0.384 e. The van der Waals surface area contributed by atoms with Gasteiger partial charge in [0.1, 0.15) is 0 Å². The number of piperidine rings is 1. The second-order valence-electron chi connectivity index (χ2n) is 6.14. The minimum absolute atomic E-state index is 0.678. The van der Waals surface area contributed by atoms with Crippen LogP contribution in [-0.4, -0.2) is 30.6 Å². The van der Waals surface area contributed by atoms with Gasteiger partial charge in [0.15, 0.2) is 0 Å². The lowest BCUT2D eigenvalue weighted by Gasteiger charge is -2.37. The Bertz CT molecular complexity index is 415. The van der Waals surface area contributed by atoms with Crippen molar-refractivity contribution < 1.29 is 0 Å². The molecule has 3 atom stereocenters. The van der Waals surface area contributed by atoms with Crippen molar-refractivity contribution in [2.45, 2.75) is 38.6 Å². The van der Waals surface area contributed by atoms with E-state index >= 15 is 0 Å². The van der Waals surface area contributed by atoms with Gasteiger partial charge in [-0.1, -0.05) is 25.1 Å². The van der Waals surface area contributed by atoms with Crippen molar-refractivity contribution in [3.05, 3.63) is 29.8 Å². The molecule has 0 aliphatic carbocycles. The molecule has 2 aliphatic rings. The lowest BCUT2D eigenvalue weighted by atomic mass is 9.91. The predicted molar refractivity (Wildman–Crippen MR) is 77.1 cm³/mol. The average Bonchev–Trinajstić information content (AvgIpc) is 2.76. The van der Waals surface area contributed by atoms with Gasteiger partial charge < -0.3 is 5.32 Å². The molecular formula is C16H24N2. The van der Waals surface area contributed by atoms with Gasteiger partial charge in [0.2, 0.25) is 0 Å². The van der Waals surface area contributed by atoms with Crippen molar-refractivity contribution in [1.82, 2.24) is 4.90 Å². The van der Waals surface area contributed by atoms with Crippen LogP contribution in [0.25, 0.3) is 0 Å². The molecule has 0 amide bonds. The standard InChI is InChI=1S/C16H24N2/c1-12-7-8-18(13(2)9-12)11-14-10-17-16-6-4-3-5-15(14)16/h3-6,12-14,17H,7-11H2,1-2H3. The van der Waals surface area contributed by atoms with Crippen molar-refractivity contribution in [3.63, 3.8) is 0 Å². The third kappa shape index (κ3) is 2.26. The summed E-state index contributed by atoms with van der Waals surface area (Å²) in [6.45, 7) is 8.39. The summed E-state index contributed by atoms with van der Waals surface area (Å²) in [5, 5.41) is 3.54. The van der Waals surface area contributed by atoms with Gasteiger partial charge in [-0.3, -0.25) is 4.90 Å². The topological polar surface area (TPSA) is 15.3 Å². The predicted octanol–water partition coefficient (Wildman–Crippen LogP) is 3.32. The fraction of sp³-hybridized carbons (Fsp3) is 0.625. The zero-order valence-electron chi connectivity index (χ0n) is 11.5. The molecule has 1 aromatic rings. The van der Waals surface area contributed by atoms with E-state index in [1.807, 2.05) is 0 Å². The van der Waals surface area contributed by atoms with Crippen molar-refractivity contribution in [2.24, 2.45) is 5.92 Å². The highest BCUT2D eigenvalue weighted by molar-refractivity contribution is 5.57. The molecule has 1 N–H and O–H groups in total. The van der Waals surface area contributed by atoms with Crippen LogP contribution in [0.5, 0.6) is 0 Å². The third-order valence-corrected chi connectivity index (χ3v) is 4.67. The first-order valence-corrected chi connectivity index (χ1v) is 7.31. The first-order valence-electron chi connectivity index (χ1n) is 7.31. The number of nitrogens with one attached hydrogen (secondary N) is 1. The fourth-order valence-corrected chi connectivity index (χ4v) is 3.53. The molecule has 0 bridgehead atoms. The summed E-state index contributed by atoms with van der Waals surface area (Å²) < 4.78 is 0. The highest BCUT2D eigenvalue weighted by Crippen LogP contribution is 2.33. The molecule has 0 aromatic heterocycles. The molecule has 0 radical (unpaired) electrons. The Morgan fingerprint density at radius 1 is 1.28 bits per heavy atom. The van der Waals surface area contributed by atoms with E-state index in [-0.39, 0.29) is 0 Å². The monoisotopic (exact) mass is 244 g/mol. The summed E-state index contributed by atoms with van der Waals surface area (Å²) in [7, 11) is 0. The highest BCUT2D eigenvalue weighted by Gasteiger charge is 2.28. The van der Waals surface area contributed by atoms with E-state index in [0.29, 0.717) is 5.92 Å². The van der Waals surface area contributed by atoms with Crippen LogP contribution in [0.4, 0.5) is 5.69 Å². The Balaban J connectivity index is 1.68. The summed E-state index contributed by atoms with van der Waals surface area (Å²) >= 11 is 0. The number of fused-ring (bicyclic) bond motifs is 1. The van der Waals surface area contributed by atoms with Gasteiger partial charge in [-0.25, -0.2) is 0 Å². The van der Waals surface area contributed by atoms with Crippen LogP contribution in [-0.2, 0) is 0 Å². The van der Waals surface area contributed by atoms with Crippen molar-refractivity contribution in [1.29, 1.82) is 0 Å². The van der Waals surface area contributed by atoms with Crippen molar-refractivity contribution >= 4 is 5.69 Å². The Morgan fingerprint density at radius 3 is 2.94 bits per heavy atom. The van der Waals surface area contributed by atoms with Crippen molar-refractivity contribution in [2.75, 3.05) is 25.0 Å². The summed E-state index contributed by atoms with van der Waals surface area (Å²) in [5.41, 5.74) is 2.86. The van der Waals surface area contributed by atoms with Gasteiger partial charge in [-0.15, -0.1) is 0 Å². The van der Waals surface area contributed by atoms with Crippen LogP contribution in [0, 0.1) is 5.92 Å². The first-order chi connectivity index (χ1) is 8.74. The molecule has 3 rings (SSSR count). The smallest absolute Gasteiger partial charge is 0.0376 e. The largest absolute Gasteiger partial charge is 0.384 e. The molecule has 1 aromatic carbocycles. The molecule has 98 valence electrons. The van der Waals surface area contributed by atoms with E-state index in [0.717, 1.165) is 18.5 Å². The molecule has 3 unspecified atom stereocenters. The van der Waals surface area contributed by atoms with Gasteiger partial charge in [0.25, 0.3) is 0 Å². The Kier molecular flexibility index (Phi) is 3.29. The fourth-order valence-electron chi connectivity index (χ4n) is 3.53. The lowest BCUT2D eigenvalue weighted by molar-refractivity contribution is 0.123. The van der Waals surface area contributed by atoms with Gasteiger partial charge in [-0.05, 0) is 43.9 Å². The van der Waals surface area contributed by atoms with E-state index in [4.69, 9.17) is 0 Å². The second kappa shape index (κ2) is 4.93. The zero-order valence-corrected chi connectivity index (χ0v) is 11.5. The van der Waals surface area contributed by atoms with E-state index in [9.17, 15) is 0 Å². The average molecular weight is 244 g/mol. The number of likely N-dealkylation sites (tertiary alicyclic amines) is 1. The molecule has 1 saturated heterocycles. The lowest BCUT2D eigenvalue weighted by Crippen LogP contribution is -2.42. The molecule has 0 saturated carbocycles. The van der Waals surface area contributed by atoms with Crippen LogP contribution < -0.4 is 5.32 Å². The molecule has 18 heavy (non-hydrogen) atoms. The van der Waals surface area contributed by atoms with E-state index < -0.39 is 0 Å². The molecule has 2 heteroatoms. The molecule has 0 spiro atoms. The zero-order chi connectivity index (χ0) is 12.5. The van der Waals surface area contributed by atoms with Gasteiger partial charge >= 0.3 is 0 Å². The van der Waals surface area contributed by atoms with Gasteiger partial charge in [-0.2, -0.15) is 0 Å². The maximum atomic E-state index is 3.54. The quantitative estimate of drug-likeness (QED) is 0.858. The normalized spacial score (nSPS) is 32.0. The Morgan fingerprint density at radius 2 is 2.11 bits per heavy atom. The number of hydrogen-bond acceptors (Lipinski definition) is 2. The number of para-hydroxylation sites is 1. The van der Waals surface area contributed by atoms with Crippen LogP contribution >= 0.6 is 0 Å². The molecule has 1 fully saturated rings. The number of benzene rings is 1. The SMILES string of the molecule is CC1CCN(CC2CNc3ccccc32)C(C)C1. The summed E-state index contributed by atoms with van der Waals surface area (Å²) in [6, 6.07) is 9.54. The number of anilines is 1. The maximum Gasteiger partial charge on any atom is 0.0376 e. The Hall–Kier alpha value is -1.02. The number of rotatable bonds is 2. The van der Waals surface area contributed by atoms with E-state index in [2.05, 4.69) is 48.3 Å². The number of nitrogens with zero attached hydrogens (tertiary/aromatic N) is 1. The molecule has 2 aliphatic heterocycles. The summed E-state index contributed by atoms with van der Waals surface area (Å²) in [5.74, 6) is 1.59. The Labute approximate surface area is 110 Å². The summed E-state index contributed by atoms with van der Waals surface area (Å²) in [6.07, 6.45) is 2.73. The van der Waals surface area contributed by atoms with Crippen LogP contribution in [0.2, 0.25) is 0 Å². The van der Waals surface area contributed by atoms with E-state index in [1.54, 1.807) is 0 Å².